The molecule has 0 fully saturated rings. The van der Waals surface area contributed by atoms with E-state index in [-0.39, 0.29) is 17.2 Å². The predicted molar refractivity (Wildman–Crippen MR) is 95.6 cm³/mol. The fraction of sp³-hybridized carbons (Fsp3) is 0.0588. The van der Waals surface area contributed by atoms with Crippen molar-refractivity contribution >= 4 is 40.3 Å². The van der Waals surface area contributed by atoms with E-state index in [0.717, 1.165) is 23.4 Å². The average Bonchev–Trinajstić information content (AvgIpc) is 2.57. The summed E-state index contributed by atoms with van der Waals surface area (Å²) in [7, 11) is 0. The van der Waals surface area contributed by atoms with Crippen LogP contribution in [0.15, 0.2) is 42.7 Å². The Kier molecular flexibility index (Phi) is 4.67. The van der Waals surface area contributed by atoms with Gasteiger partial charge in [0.15, 0.2) is 11.6 Å². The highest BCUT2D eigenvalue weighted by Crippen LogP contribution is 2.31. The van der Waals surface area contributed by atoms with Crippen LogP contribution in [0.3, 0.4) is 0 Å². The molecule has 0 spiro atoms. The summed E-state index contributed by atoms with van der Waals surface area (Å²) in [6.07, 6.45) is 1.28. The molecule has 0 radical (unpaired) electrons. The van der Waals surface area contributed by atoms with Crippen molar-refractivity contribution in [1.29, 1.82) is 0 Å². The minimum Gasteiger partial charge on any atom is -0.393 e. The van der Waals surface area contributed by atoms with Gasteiger partial charge in [-0.05, 0) is 36.8 Å². The number of aryl methyl sites for hydroxylation is 1. The Balaban J connectivity index is 1.91. The zero-order valence-corrected chi connectivity index (χ0v) is 13.9. The summed E-state index contributed by atoms with van der Waals surface area (Å²) in [6.45, 7) is 1.91. The fourth-order valence-corrected chi connectivity index (χ4v) is 2.34. The van der Waals surface area contributed by atoms with Crippen LogP contribution >= 0.6 is 11.6 Å². The van der Waals surface area contributed by atoms with E-state index in [0.29, 0.717) is 10.8 Å². The average molecular weight is 362 g/mol. The van der Waals surface area contributed by atoms with Crippen molar-refractivity contribution in [3.05, 3.63) is 64.9 Å². The first-order valence-corrected chi connectivity index (χ1v) is 7.67. The number of nitrogen functional groups attached to an aromatic ring is 1. The third-order valence-electron chi connectivity index (χ3n) is 3.52. The zero-order chi connectivity index (χ0) is 18.0. The van der Waals surface area contributed by atoms with Crippen molar-refractivity contribution in [2.24, 2.45) is 0 Å². The molecule has 2 aromatic carbocycles. The van der Waals surface area contributed by atoms with Crippen molar-refractivity contribution < 1.29 is 8.78 Å². The number of hydrogen-bond acceptors (Lipinski definition) is 5. The quantitative estimate of drug-likeness (QED) is 0.623. The standard InChI is InChI=1S/C17H14ClF2N5/c1-9-2-3-10(18)6-14(9)25-17-15(21)16(22-8-23-17)24-13-5-4-11(19)7-12(13)20/h2-8H,21H2,1H3,(H2,22,23,24,25). The van der Waals surface area contributed by atoms with Gasteiger partial charge in [-0.25, -0.2) is 18.7 Å². The molecule has 8 heteroatoms. The van der Waals surface area contributed by atoms with Gasteiger partial charge < -0.3 is 16.4 Å². The molecule has 25 heavy (non-hydrogen) atoms. The number of nitrogens with zero attached hydrogens (tertiary/aromatic N) is 2. The summed E-state index contributed by atoms with van der Waals surface area (Å²) in [5.74, 6) is -0.885. The monoisotopic (exact) mass is 361 g/mol. The Bertz CT molecular complexity index is 933. The summed E-state index contributed by atoms with van der Waals surface area (Å²) < 4.78 is 26.8. The van der Waals surface area contributed by atoms with Crippen LogP contribution in [0.4, 0.5) is 37.5 Å². The van der Waals surface area contributed by atoms with E-state index < -0.39 is 11.6 Å². The van der Waals surface area contributed by atoms with Gasteiger partial charge in [-0.2, -0.15) is 0 Å². The molecule has 0 atom stereocenters. The normalized spacial score (nSPS) is 10.6. The Labute approximate surface area is 147 Å². The smallest absolute Gasteiger partial charge is 0.159 e. The van der Waals surface area contributed by atoms with Gasteiger partial charge in [-0.1, -0.05) is 17.7 Å². The van der Waals surface area contributed by atoms with Crippen LogP contribution in [0.25, 0.3) is 0 Å². The molecule has 0 amide bonds. The van der Waals surface area contributed by atoms with E-state index in [1.807, 2.05) is 13.0 Å². The van der Waals surface area contributed by atoms with Crippen molar-refractivity contribution in [2.75, 3.05) is 16.4 Å². The van der Waals surface area contributed by atoms with Gasteiger partial charge in [0.1, 0.15) is 23.6 Å². The molecular weight excluding hydrogens is 348 g/mol. The lowest BCUT2D eigenvalue weighted by molar-refractivity contribution is 0.586. The first-order valence-electron chi connectivity index (χ1n) is 7.30. The lowest BCUT2D eigenvalue weighted by Gasteiger charge is -2.14. The second-order valence-electron chi connectivity index (χ2n) is 5.32. The fourth-order valence-electron chi connectivity index (χ4n) is 2.17. The summed E-state index contributed by atoms with van der Waals surface area (Å²) >= 11 is 6.00. The molecule has 0 bridgehead atoms. The number of aromatic nitrogens is 2. The molecule has 1 aromatic heterocycles. The maximum atomic E-state index is 13.8. The molecule has 0 aliphatic carbocycles. The number of nitrogens with one attached hydrogen (secondary N) is 2. The first-order chi connectivity index (χ1) is 11.9. The van der Waals surface area contributed by atoms with E-state index in [2.05, 4.69) is 20.6 Å². The van der Waals surface area contributed by atoms with Crippen LogP contribution in [-0.4, -0.2) is 9.97 Å². The highest BCUT2D eigenvalue weighted by molar-refractivity contribution is 6.30. The third kappa shape index (κ3) is 3.77. The van der Waals surface area contributed by atoms with E-state index in [1.54, 1.807) is 12.1 Å². The highest BCUT2D eigenvalue weighted by Gasteiger charge is 2.12. The second kappa shape index (κ2) is 6.90. The largest absolute Gasteiger partial charge is 0.393 e. The number of rotatable bonds is 4. The topological polar surface area (TPSA) is 75.9 Å². The number of nitrogens with two attached hydrogens (primary N) is 1. The number of halogens is 3. The van der Waals surface area contributed by atoms with E-state index in [4.69, 9.17) is 17.3 Å². The number of hydrogen-bond donors (Lipinski definition) is 3. The molecule has 0 aliphatic rings. The van der Waals surface area contributed by atoms with Crippen LogP contribution < -0.4 is 16.4 Å². The van der Waals surface area contributed by atoms with Gasteiger partial charge >= 0.3 is 0 Å². The highest BCUT2D eigenvalue weighted by atomic mass is 35.5. The third-order valence-corrected chi connectivity index (χ3v) is 3.76. The van der Waals surface area contributed by atoms with Crippen molar-refractivity contribution in [2.45, 2.75) is 6.92 Å². The van der Waals surface area contributed by atoms with Crippen molar-refractivity contribution in [3.8, 4) is 0 Å². The number of anilines is 5. The summed E-state index contributed by atoms with van der Waals surface area (Å²) in [5.41, 5.74) is 7.98. The molecule has 5 nitrogen and oxygen atoms in total. The van der Waals surface area contributed by atoms with Gasteiger partial charge in [0.2, 0.25) is 0 Å². The summed E-state index contributed by atoms with van der Waals surface area (Å²) in [4.78, 5) is 8.10. The minimum absolute atomic E-state index is 0.0525. The van der Waals surface area contributed by atoms with Crippen LogP contribution in [0.5, 0.6) is 0 Å². The Morgan fingerprint density at radius 2 is 1.64 bits per heavy atom. The van der Waals surface area contributed by atoms with Gasteiger partial charge in [0, 0.05) is 16.8 Å². The zero-order valence-electron chi connectivity index (χ0n) is 13.1. The van der Waals surface area contributed by atoms with Crippen molar-refractivity contribution in [3.63, 3.8) is 0 Å². The van der Waals surface area contributed by atoms with Crippen LogP contribution in [0.1, 0.15) is 5.56 Å². The van der Waals surface area contributed by atoms with Gasteiger partial charge in [-0.3, -0.25) is 0 Å². The predicted octanol–water partition coefficient (Wildman–Crippen LogP) is 4.79. The molecule has 0 unspecified atom stereocenters. The van der Waals surface area contributed by atoms with Crippen molar-refractivity contribution in [1.82, 2.24) is 9.97 Å². The molecule has 0 saturated heterocycles. The maximum Gasteiger partial charge on any atom is 0.159 e. The van der Waals surface area contributed by atoms with Crippen LogP contribution in [0.2, 0.25) is 5.02 Å². The second-order valence-corrected chi connectivity index (χ2v) is 5.75. The molecule has 3 rings (SSSR count). The Hall–Kier alpha value is -2.93. The summed E-state index contributed by atoms with van der Waals surface area (Å²) in [5, 5.41) is 6.38. The minimum atomic E-state index is -0.752. The maximum absolute atomic E-state index is 13.8. The Morgan fingerprint density at radius 3 is 2.32 bits per heavy atom. The van der Waals surface area contributed by atoms with Gasteiger partial charge in [0.05, 0.1) is 5.69 Å². The molecule has 3 aromatic rings. The lowest BCUT2D eigenvalue weighted by atomic mass is 10.2. The van der Waals surface area contributed by atoms with Gasteiger partial charge in [0.25, 0.3) is 0 Å². The van der Waals surface area contributed by atoms with Crippen LogP contribution in [0, 0.1) is 18.6 Å². The van der Waals surface area contributed by atoms with Crippen LogP contribution in [-0.2, 0) is 0 Å². The summed E-state index contributed by atoms with van der Waals surface area (Å²) in [6, 6.07) is 8.54. The molecule has 4 N–H and O–H groups in total. The lowest BCUT2D eigenvalue weighted by Crippen LogP contribution is -2.06. The molecular formula is C17H14ClF2N5. The Morgan fingerprint density at radius 1 is 0.960 bits per heavy atom. The van der Waals surface area contributed by atoms with E-state index in [9.17, 15) is 8.78 Å². The molecule has 0 saturated carbocycles. The molecule has 128 valence electrons. The molecule has 1 heterocycles. The van der Waals surface area contributed by atoms with E-state index in [1.165, 1.54) is 12.4 Å². The van der Waals surface area contributed by atoms with E-state index >= 15 is 0 Å². The molecule has 0 aliphatic heterocycles. The first kappa shape index (κ1) is 16.9. The number of benzene rings is 2. The SMILES string of the molecule is Cc1ccc(Cl)cc1Nc1ncnc(Nc2ccc(F)cc2F)c1N. The van der Waals surface area contributed by atoms with Gasteiger partial charge in [-0.15, -0.1) is 0 Å².